The first-order valence-electron chi connectivity index (χ1n) is 7.76. The zero-order valence-corrected chi connectivity index (χ0v) is 13.2. The highest BCUT2D eigenvalue weighted by molar-refractivity contribution is 5.81. The molecule has 1 heterocycles. The number of hydrogen-bond acceptors (Lipinski definition) is 3. The lowest BCUT2D eigenvalue weighted by atomic mass is 10.1. The number of nitrogens with one attached hydrogen (secondary N) is 1. The van der Waals surface area contributed by atoms with E-state index in [1.807, 2.05) is 6.07 Å². The number of carbonyl (C=O) groups is 1. The number of para-hydroxylation sites is 2. The molecule has 25 heavy (non-hydrogen) atoms. The smallest absolute Gasteiger partial charge is 0.416 e. The Morgan fingerprint density at radius 2 is 1.76 bits per heavy atom. The van der Waals surface area contributed by atoms with Crippen molar-refractivity contribution in [2.75, 3.05) is 13.2 Å². The summed E-state index contributed by atoms with van der Waals surface area (Å²) in [5.74, 6) is 0.786. The average Bonchev–Trinajstić information content (AvgIpc) is 2.61. The predicted molar refractivity (Wildman–Crippen MR) is 84.5 cm³/mol. The second-order valence-electron chi connectivity index (χ2n) is 5.60. The van der Waals surface area contributed by atoms with Crippen molar-refractivity contribution < 1.29 is 27.4 Å². The molecule has 132 valence electrons. The van der Waals surface area contributed by atoms with E-state index in [0.29, 0.717) is 30.0 Å². The lowest BCUT2D eigenvalue weighted by molar-refractivity contribution is -0.137. The van der Waals surface area contributed by atoms with Gasteiger partial charge in [-0.15, -0.1) is 0 Å². The van der Waals surface area contributed by atoms with E-state index < -0.39 is 17.8 Å². The van der Waals surface area contributed by atoms with Crippen LogP contribution in [0.1, 0.15) is 11.1 Å². The van der Waals surface area contributed by atoms with Gasteiger partial charge in [-0.05, 0) is 36.2 Å². The molecule has 2 aromatic rings. The number of halogens is 3. The molecule has 0 saturated heterocycles. The van der Waals surface area contributed by atoms with Gasteiger partial charge in [0, 0.05) is 6.54 Å². The Morgan fingerprint density at radius 3 is 2.44 bits per heavy atom. The predicted octanol–water partition coefficient (Wildman–Crippen LogP) is 3.20. The summed E-state index contributed by atoms with van der Waals surface area (Å²) in [4.78, 5) is 12.1. The number of benzene rings is 2. The highest BCUT2D eigenvalue weighted by atomic mass is 19.4. The Labute approximate surface area is 142 Å². The topological polar surface area (TPSA) is 47.6 Å². The summed E-state index contributed by atoms with van der Waals surface area (Å²) in [6, 6.07) is 12.0. The van der Waals surface area contributed by atoms with Crippen LogP contribution in [0.5, 0.6) is 11.5 Å². The first-order valence-corrected chi connectivity index (χ1v) is 7.76. The monoisotopic (exact) mass is 351 g/mol. The number of ether oxygens (including phenoxy) is 2. The van der Waals surface area contributed by atoms with Crippen molar-refractivity contribution in [2.24, 2.45) is 0 Å². The van der Waals surface area contributed by atoms with E-state index in [1.54, 1.807) is 18.2 Å². The Kier molecular flexibility index (Phi) is 4.83. The maximum absolute atomic E-state index is 12.5. The van der Waals surface area contributed by atoms with Gasteiger partial charge in [0.2, 0.25) is 6.10 Å². The summed E-state index contributed by atoms with van der Waals surface area (Å²) < 4.78 is 48.6. The van der Waals surface area contributed by atoms with Gasteiger partial charge in [0.25, 0.3) is 5.91 Å². The van der Waals surface area contributed by atoms with Crippen molar-refractivity contribution in [1.82, 2.24) is 5.32 Å². The largest absolute Gasteiger partial charge is 0.485 e. The van der Waals surface area contributed by atoms with Gasteiger partial charge < -0.3 is 14.8 Å². The highest BCUT2D eigenvalue weighted by Gasteiger charge is 2.30. The molecule has 1 N–H and O–H groups in total. The second-order valence-corrected chi connectivity index (χ2v) is 5.60. The van der Waals surface area contributed by atoms with Crippen LogP contribution in [0, 0.1) is 0 Å². The van der Waals surface area contributed by atoms with E-state index in [0.717, 1.165) is 12.1 Å². The molecule has 7 heteroatoms. The fourth-order valence-electron chi connectivity index (χ4n) is 2.45. The number of fused-ring (bicyclic) bond motifs is 1. The molecule has 4 nitrogen and oxygen atoms in total. The number of rotatable bonds is 4. The molecule has 1 amide bonds. The van der Waals surface area contributed by atoms with Crippen LogP contribution in [0.3, 0.4) is 0 Å². The van der Waals surface area contributed by atoms with Gasteiger partial charge >= 0.3 is 6.18 Å². The molecule has 0 aromatic heterocycles. The minimum Gasteiger partial charge on any atom is -0.485 e. The molecule has 0 unspecified atom stereocenters. The van der Waals surface area contributed by atoms with Crippen molar-refractivity contribution in [3.05, 3.63) is 59.7 Å². The summed E-state index contributed by atoms with van der Waals surface area (Å²) in [5.41, 5.74) is 0.0196. The Morgan fingerprint density at radius 1 is 1.08 bits per heavy atom. The van der Waals surface area contributed by atoms with Crippen molar-refractivity contribution in [2.45, 2.75) is 18.7 Å². The molecular formula is C18H16F3NO3. The molecule has 2 aromatic carbocycles. The van der Waals surface area contributed by atoms with Crippen molar-refractivity contribution in [3.8, 4) is 11.5 Å². The minimum atomic E-state index is -4.35. The van der Waals surface area contributed by atoms with Gasteiger partial charge in [-0.1, -0.05) is 24.3 Å². The van der Waals surface area contributed by atoms with E-state index in [4.69, 9.17) is 9.47 Å². The number of amides is 1. The SMILES string of the molecule is O=C(NCCc1ccc(C(F)(F)F)cc1)[C@@H]1COc2ccccc2O1. The van der Waals surface area contributed by atoms with Crippen LogP contribution in [-0.2, 0) is 17.4 Å². The summed E-state index contributed by atoms with van der Waals surface area (Å²) in [5, 5.41) is 2.71. The summed E-state index contributed by atoms with van der Waals surface area (Å²) >= 11 is 0. The quantitative estimate of drug-likeness (QED) is 0.920. The number of hydrogen-bond donors (Lipinski definition) is 1. The normalized spacial score (nSPS) is 16.4. The first kappa shape index (κ1) is 17.1. The van der Waals surface area contributed by atoms with Crippen LogP contribution in [-0.4, -0.2) is 25.2 Å². The molecule has 1 atom stereocenters. The van der Waals surface area contributed by atoms with Crippen LogP contribution in [0.4, 0.5) is 13.2 Å². The van der Waals surface area contributed by atoms with Crippen molar-refractivity contribution in [1.29, 1.82) is 0 Å². The summed E-state index contributed by atoms with van der Waals surface area (Å²) in [7, 11) is 0. The second kappa shape index (κ2) is 7.04. The van der Waals surface area contributed by atoms with Crippen LogP contribution in [0.25, 0.3) is 0 Å². The molecule has 0 fully saturated rings. The Balaban J connectivity index is 1.48. The van der Waals surface area contributed by atoms with Gasteiger partial charge in [-0.2, -0.15) is 13.2 Å². The molecule has 0 aliphatic carbocycles. The molecular weight excluding hydrogens is 335 g/mol. The van der Waals surface area contributed by atoms with Gasteiger partial charge in [0.1, 0.15) is 6.61 Å². The Hall–Kier alpha value is -2.70. The molecule has 1 aliphatic rings. The van der Waals surface area contributed by atoms with Crippen molar-refractivity contribution in [3.63, 3.8) is 0 Å². The van der Waals surface area contributed by atoms with Gasteiger partial charge in [0.15, 0.2) is 11.5 Å². The molecule has 0 bridgehead atoms. The minimum absolute atomic E-state index is 0.114. The Bertz CT molecular complexity index is 744. The molecule has 0 radical (unpaired) electrons. The molecule has 0 spiro atoms. The van der Waals surface area contributed by atoms with Crippen LogP contribution < -0.4 is 14.8 Å². The van der Waals surface area contributed by atoms with Crippen LogP contribution in [0.15, 0.2) is 48.5 Å². The standard InChI is InChI=1S/C18H16F3NO3/c19-18(20,21)13-7-5-12(6-8-13)9-10-22-17(23)16-11-24-14-3-1-2-4-15(14)25-16/h1-8,16H,9-11H2,(H,22,23)/t16-/m0/s1. The van der Waals surface area contributed by atoms with E-state index in [9.17, 15) is 18.0 Å². The fourth-order valence-corrected chi connectivity index (χ4v) is 2.45. The summed E-state index contributed by atoms with van der Waals surface area (Å²) in [6.07, 6.45) is -4.67. The van der Waals surface area contributed by atoms with E-state index in [-0.39, 0.29) is 12.5 Å². The van der Waals surface area contributed by atoms with Crippen molar-refractivity contribution >= 4 is 5.91 Å². The van der Waals surface area contributed by atoms with E-state index in [1.165, 1.54) is 12.1 Å². The third-order valence-electron chi connectivity index (χ3n) is 3.80. The lowest BCUT2D eigenvalue weighted by Crippen LogP contribution is -2.44. The summed E-state index contributed by atoms with van der Waals surface area (Å²) in [6.45, 7) is 0.412. The highest BCUT2D eigenvalue weighted by Crippen LogP contribution is 2.31. The fraction of sp³-hybridized carbons (Fsp3) is 0.278. The van der Waals surface area contributed by atoms with E-state index >= 15 is 0 Å². The third-order valence-corrected chi connectivity index (χ3v) is 3.80. The van der Waals surface area contributed by atoms with Gasteiger partial charge in [-0.25, -0.2) is 0 Å². The zero-order valence-electron chi connectivity index (χ0n) is 13.2. The van der Waals surface area contributed by atoms with Crippen LogP contribution >= 0.6 is 0 Å². The number of carbonyl (C=O) groups excluding carboxylic acids is 1. The maximum Gasteiger partial charge on any atom is 0.416 e. The third kappa shape index (κ3) is 4.23. The number of alkyl halides is 3. The molecule has 0 saturated carbocycles. The first-order chi connectivity index (χ1) is 11.9. The molecule has 1 aliphatic heterocycles. The lowest BCUT2D eigenvalue weighted by Gasteiger charge is -2.25. The zero-order chi connectivity index (χ0) is 17.9. The van der Waals surface area contributed by atoms with Gasteiger partial charge in [-0.3, -0.25) is 4.79 Å². The van der Waals surface area contributed by atoms with Crippen LogP contribution in [0.2, 0.25) is 0 Å². The maximum atomic E-state index is 12.5. The van der Waals surface area contributed by atoms with E-state index in [2.05, 4.69) is 5.32 Å². The average molecular weight is 351 g/mol. The molecule has 3 rings (SSSR count). The van der Waals surface area contributed by atoms with Gasteiger partial charge in [0.05, 0.1) is 5.56 Å².